The molecule has 8 nitrogen and oxygen atoms in total. The van der Waals surface area contributed by atoms with Gasteiger partial charge >= 0.3 is 5.97 Å². The Kier molecular flexibility index (Phi) is 4.47. The van der Waals surface area contributed by atoms with E-state index in [4.69, 9.17) is 4.52 Å². The van der Waals surface area contributed by atoms with Crippen molar-refractivity contribution in [2.75, 3.05) is 13.6 Å². The van der Waals surface area contributed by atoms with Crippen molar-refractivity contribution in [2.45, 2.75) is 30.6 Å². The quantitative estimate of drug-likeness (QED) is 0.812. The standard InChI is InChI=1S/C14H17N3O5S2/c1-8-5-9(22-16-8)7-17(2)24(20,21)14-12(13(18)19)10-3-4-15-6-11(10)23-14/h5,15H,3-4,6-7H2,1-2H3,(H,18,19). The number of hydrogen-bond donors (Lipinski definition) is 2. The summed E-state index contributed by atoms with van der Waals surface area (Å²) >= 11 is 1.02. The first kappa shape index (κ1) is 17.1. The van der Waals surface area contributed by atoms with Gasteiger partial charge in [0, 0.05) is 24.5 Å². The lowest BCUT2D eigenvalue weighted by molar-refractivity contribution is 0.0692. The Hall–Kier alpha value is -1.75. The summed E-state index contributed by atoms with van der Waals surface area (Å²) < 4.78 is 31.8. The van der Waals surface area contributed by atoms with E-state index in [-0.39, 0.29) is 16.3 Å². The van der Waals surface area contributed by atoms with Crippen molar-refractivity contribution >= 4 is 27.3 Å². The predicted octanol–water partition coefficient (Wildman–Crippen LogP) is 1.21. The molecule has 0 saturated carbocycles. The zero-order chi connectivity index (χ0) is 17.5. The number of fused-ring (bicyclic) bond motifs is 1. The van der Waals surface area contributed by atoms with Crippen LogP contribution in [-0.4, -0.2) is 42.5 Å². The molecule has 0 atom stereocenters. The summed E-state index contributed by atoms with van der Waals surface area (Å²) in [7, 11) is -2.54. The third-order valence-corrected chi connectivity index (χ3v) is 7.34. The Morgan fingerprint density at radius 1 is 1.54 bits per heavy atom. The summed E-state index contributed by atoms with van der Waals surface area (Å²) in [5.74, 6) is -0.810. The van der Waals surface area contributed by atoms with Crippen LogP contribution >= 0.6 is 11.3 Å². The number of sulfonamides is 1. The van der Waals surface area contributed by atoms with Gasteiger partial charge in [0.25, 0.3) is 10.0 Å². The van der Waals surface area contributed by atoms with Crippen LogP contribution in [0.4, 0.5) is 0 Å². The van der Waals surface area contributed by atoms with Crippen LogP contribution in [0, 0.1) is 6.92 Å². The number of thiophene rings is 1. The minimum atomic E-state index is -3.94. The van der Waals surface area contributed by atoms with Crippen LogP contribution in [0.3, 0.4) is 0 Å². The topological polar surface area (TPSA) is 113 Å². The molecule has 0 bridgehead atoms. The van der Waals surface area contributed by atoms with E-state index < -0.39 is 16.0 Å². The smallest absolute Gasteiger partial charge is 0.338 e. The van der Waals surface area contributed by atoms with E-state index in [0.29, 0.717) is 36.5 Å². The summed E-state index contributed by atoms with van der Waals surface area (Å²) in [4.78, 5) is 12.4. The van der Waals surface area contributed by atoms with Gasteiger partial charge in [-0.2, -0.15) is 4.31 Å². The zero-order valence-electron chi connectivity index (χ0n) is 13.2. The van der Waals surface area contributed by atoms with Crippen molar-refractivity contribution in [1.29, 1.82) is 0 Å². The molecule has 0 amide bonds. The average Bonchev–Trinajstić information content (AvgIpc) is 3.10. The first-order valence-corrected chi connectivity index (χ1v) is 9.53. The van der Waals surface area contributed by atoms with Gasteiger partial charge in [-0.15, -0.1) is 11.3 Å². The summed E-state index contributed by atoms with van der Waals surface area (Å²) in [6, 6.07) is 1.65. The van der Waals surface area contributed by atoms with Crippen molar-refractivity contribution in [1.82, 2.24) is 14.8 Å². The monoisotopic (exact) mass is 371 g/mol. The highest BCUT2D eigenvalue weighted by molar-refractivity contribution is 7.91. The molecule has 2 aromatic heterocycles. The number of rotatable bonds is 5. The van der Waals surface area contributed by atoms with Gasteiger partial charge in [0.2, 0.25) is 0 Å². The van der Waals surface area contributed by atoms with Crippen molar-refractivity contribution < 1.29 is 22.8 Å². The van der Waals surface area contributed by atoms with Crippen molar-refractivity contribution in [2.24, 2.45) is 0 Å². The molecule has 2 aromatic rings. The maximum absolute atomic E-state index is 12.9. The van der Waals surface area contributed by atoms with E-state index in [2.05, 4.69) is 10.5 Å². The van der Waals surface area contributed by atoms with Crippen LogP contribution in [0.5, 0.6) is 0 Å². The minimum Gasteiger partial charge on any atom is -0.478 e. The van der Waals surface area contributed by atoms with Gasteiger partial charge in [0.1, 0.15) is 4.21 Å². The number of aryl methyl sites for hydroxylation is 1. The minimum absolute atomic E-state index is 0.0109. The van der Waals surface area contributed by atoms with Crippen molar-refractivity contribution in [3.63, 3.8) is 0 Å². The second-order valence-electron chi connectivity index (χ2n) is 5.59. The summed E-state index contributed by atoms with van der Waals surface area (Å²) in [5.41, 5.74) is 1.17. The van der Waals surface area contributed by atoms with Gasteiger partial charge in [-0.3, -0.25) is 0 Å². The molecular weight excluding hydrogens is 354 g/mol. The Morgan fingerprint density at radius 3 is 2.92 bits per heavy atom. The normalized spacial score (nSPS) is 14.8. The lowest BCUT2D eigenvalue weighted by atomic mass is 10.1. The van der Waals surface area contributed by atoms with E-state index in [1.807, 2.05) is 0 Å². The molecule has 1 aliphatic rings. The first-order valence-electron chi connectivity index (χ1n) is 7.27. The zero-order valence-corrected chi connectivity index (χ0v) is 14.8. The fourth-order valence-corrected chi connectivity index (χ4v) is 5.84. The molecular formula is C14H17N3O5S2. The lowest BCUT2D eigenvalue weighted by Gasteiger charge is -2.15. The molecule has 1 aliphatic heterocycles. The van der Waals surface area contributed by atoms with E-state index in [9.17, 15) is 18.3 Å². The fraction of sp³-hybridized carbons (Fsp3) is 0.429. The molecule has 0 spiro atoms. The van der Waals surface area contributed by atoms with E-state index >= 15 is 0 Å². The van der Waals surface area contributed by atoms with Gasteiger partial charge in [-0.05, 0) is 25.5 Å². The van der Waals surface area contributed by atoms with Gasteiger partial charge in [0.05, 0.1) is 17.8 Å². The maximum Gasteiger partial charge on any atom is 0.338 e. The molecule has 2 N–H and O–H groups in total. The highest BCUT2D eigenvalue weighted by Gasteiger charge is 2.34. The van der Waals surface area contributed by atoms with Crippen LogP contribution in [0.1, 0.15) is 32.3 Å². The number of aromatic carboxylic acids is 1. The third kappa shape index (κ3) is 2.97. The van der Waals surface area contributed by atoms with Gasteiger partial charge < -0.3 is 14.9 Å². The van der Waals surface area contributed by atoms with Crippen LogP contribution in [-0.2, 0) is 29.5 Å². The number of hydrogen-bond acceptors (Lipinski definition) is 7. The van der Waals surface area contributed by atoms with Gasteiger partial charge in [-0.25, -0.2) is 13.2 Å². The molecule has 10 heteroatoms. The molecule has 130 valence electrons. The number of nitrogens with one attached hydrogen (secondary N) is 1. The van der Waals surface area contributed by atoms with Crippen LogP contribution in [0.2, 0.25) is 0 Å². The first-order chi connectivity index (χ1) is 11.3. The highest BCUT2D eigenvalue weighted by Crippen LogP contribution is 2.36. The van der Waals surface area contributed by atoms with Crippen molar-refractivity contribution in [3.8, 4) is 0 Å². The molecule has 0 aliphatic carbocycles. The van der Waals surface area contributed by atoms with Gasteiger partial charge in [0.15, 0.2) is 5.76 Å². The number of aromatic nitrogens is 1. The molecule has 3 rings (SSSR count). The van der Waals surface area contributed by atoms with Crippen LogP contribution < -0.4 is 5.32 Å². The molecule has 0 unspecified atom stereocenters. The highest BCUT2D eigenvalue weighted by atomic mass is 32.2. The van der Waals surface area contributed by atoms with Crippen LogP contribution in [0.15, 0.2) is 14.8 Å². The molecule has 0 radical (unpaired) electrons. The molecule has 24 heavy (non-hydrogen) atoms. The Bertz CT molecular complexity index is 884. The fourth-order valence-electron chi connectivity index (χ4n) is 2.64. The average molecular weight is 371 g/mol. The number of carboxylic acids is 1. The summed E-state index contributed by atoms with van der Waals surface area (Å²) in [5, 5.41) is 16.4. The van der Waals surface area contributed by atoms with Gasteiger partial charge in [-0.1, -0.05) is 5.16 Å². The number of carboxylic acid groups (broad SMARTS) is 1. The second-order valence-corrected chi connectivity index (χ2v) is 8.94. The Morgan fingerprint density at radius 2 is 2.29 bits per heavy atom. The molecule has 0 fully saturated rings. The third-order valence-electron chi connectivity index (χ3n) is 3.81. The molecule has 3 heterocycles. The molecule has 0 saturated heterocycles. The largest absolute Gasteiger partial charge is 0.478 e. The predicted molar refractivity (Wildman–Crippen MR) is 86.6 cm³/mol. The lowest BCUT2D eigenvalue weighted by Crippen LogP contribution is -2.27. The maximum atomic E-state index is 12.9. The van der Waals surface area contributed by atoms with E-state index in [1.165, 1.54) is 7.05 Å². The summed E-state index contributed by atoms with van der Waals surface area (Å²) in [6.07, 6.45) is 0.508. The van der Waals surface area contributed by atoms with E-state index in [1.54, 1.807) is 13.0 Å². The van der Waals surface area contributed by atoms with E-state index in [0.717, 1.165) is 20.5 Å². The Balaban J connectivity index is 2.00. The Labute approximate surface area is 143 Å². The second kappa shape index (κ2) is 6.28. The number of nitrogens with zero attached hydrogens (tertiary/aromatic N) is 2. The van der Waals surface area contributed by atoms with Crippen molar-refractivity contribution in [3.05, 3.63) is 33.5 Å². The SMILES string of the molecule is Cc1cc(CN(C)S(=O)(=O)c2sc3c(c2C(=O)O)CCNC3)on1. The van der Waals surface area contributed by atoms with Crippen LogP contribution in [0.25, 0.3) is 0 Å². The number of carbonyl (C=O) groups is 1. The molecule has 0 aromatic carbocycles. The summed E-state index contributed by atoms with van der Waals surface area (Å²) in [6.45, 7) is 2.85.